The SMILES string of the molecule is CO[C@]1(C)C[C@@H](C)CN(C(C)=O)C(C2CCN(C(C)C)CC2)COC(=O)C(C)(C)C(=O)[C@H](C)[C@H]1O[C@@H]1O[C@H](C)C[C@H](N(C)C)[C@H]1O. The Bertz CT molecular complexity index is 1040. The Morgan fingerprint density at radius 2 is 1.70 bits per heavy atom. The second-order valence-electron chi connectivity index (χ2n) is 15.5. The summed E-state index contributed by atoms with van der Waals surface area (Å²) in [7, 11) is 5.41. The minimum absolute atomic E-state index is 0.0377. The van der Waals surface area contributed by atoms with E-state index in [0.717, 1.165) is 25.9 Å². The first-order chi connectivity index (χ1) is 21.3. The van der Waals surface area contributed by atoms with E-state index in [2.05, 4.69) is 25.7 Å². The molecule has 0 aromatic carbocycles. The summed E-state index contributed by atoms with van der Waals surface area (Å²) in [5.41, 5.74) is -2.52. The largest absolute Gasteiger partial charge is 0.463 e. The molecule has 3 heterocycles. The molecule has 0 aromatic heterocycles. The number of aliphatic hydroxyl groups excluding tert-OH is 1. The number of cyclic esters (lactones) is 1. The molecule has 0 radical (unpaired) electrons. The molecular weight excluding hydrogens is 590 g/mol. The number of piperidine rings is 1. The van der Waals surface area contributed by atoms with Crippen LogP contribution in [0.25, 0.3) is 0 Å². The maximum atomic E-state index is 14.3. The van der Waals surface area contributed by atoms with Crippen molar-refractivity contribution in [2.75, 3.05) is 47.4 Å². The van der Waals surface area contributed by atoms with E-state index in [9.17, 15) is 19.5 Å². The maximum Gasteiger partial charge on any atom is 0.319 e. The first kappa shape index (κ1) is 38.8. The Morgan fingerprint density at radius 1 is 1.09 bits per heavy atom. The van der Waals surface area contributed by atoms with Crippen molar-refractivity contribution in [1.82, 2.24) is 14.7 Å². The second-order valence-corrected chi connectivity index (χ2v) is 15.5. The van der Waals surface area contributed by atoms with Gasteiger partial charge in [0.15, 0.2) is 12.1 Å². The van der Waals surface area contributed by atoms with E-state index >= 15 is 0 Å². The highest BCUT2D eigenvalue weighted by molar-refractivity contribution is 6.04. The van der Waals surface area contributed by atoms with Crippen LogP contribution in [0.2, 0.25) is 0 Å². The zero-order valence-corrected chi connectivity index (χ0v) is 30.6. The Balaban J connectivity index is 2.03. The molecule has 3 fully saturated rings. The predicted molar refractivity (Wildman–Crippen MR) is 176 cm³/mol. The summed E-state index contributed by atoms with van der Waals surface area (Å²) in [6.07, 6.45) is -0.182. The number of likely N-dealkylation sites (tertiary alicyclic amines) is 1. The van der Waals surface area contributed by atoms with Crippen molar-refractivity contribution in [1.29, 1.82) is 0 Å². The number of hydrogen-bond donors (Lipinski definition) is 1. The first-order valence-electron chi connectivity index (χ1n) is 17.3. The number of nitrogens with zero attached hydrogens (tertiary/aromatic N) is 3. The molecule has 266 valence electrons. The fourth-order valence-corrected chi connectivity index (χ4v) is 7.95. The summed E-state index contributed by atoms with van der Waals surface area (Å²) in [6.45, 7) is 19.1. The van der Waals surface area contributed by atoms with Gasteiger partial charge in [-0.1, -0.05) is 13.8 Å². The van der Waals surface area contributed by atoms with E-state index in [1.54, 1.807) is 34.8 Å². The van der Waals surface area contributed by atoms with Crippen LogP contribution >= 0.6 is 0 Å². The van der Waals surface area contributed by atoms with Gasteiger partial charge < -0.3 is 38.8 Å². The summed E-state index contributed by atoms with van der Waals surface area (Å²) in [5, 5.41) is 11.3. The Hall–Kier alpha value is -1.63. The van der Waals surface area contributed by atoms with Crippen molar-refractivity contribution in [2.45, 2.75) is 136 Å². The van der Waals surface area contributed by atoms with Crippen molar-refractivity contribution in [3.8, 4) is 0 Å². The van der Waals surface area contributed by atoms with Crippen molar-refractivity contribution in [2.24, 2.45) is 23.2 Å². The van der Waals surface area contributed by atoms with Crippen LogP contribution in [0.5, 0.6) is 0 Å². The van der Waals surface area contributed by atoms with E-state index in [4.69, 9.17) is 18.9 Å². The molecule has 3 aliphatic rings. The third kappa shape index (κ3) is 8.69. The van der Waals surface area contributed by atoms with Crippen molar-refractivity contribution in [3.05, 3.63) is 0 Å². The fraction of sp³-hybridized carbons (Fsp3) is 0.914. The van der Waals surface area contributed by atoms with Crippen LogP contribution in [-0.2, 0) is 33.3 Å². The van der Waals surface area contributed by atoms with Gasteiger partial charge in [-0.05, 0) is 106 Å². The maximum absolute atomic E-state index is 14.3. The summed E-state index contributed by atoms with van der Waals surface area (Å²) < 4.78 is 25.0. The van der Waals surface area contributed by atoms with E-state index in [0.29, 0.717) is 25.4 Å². The number of esters is 1. The number of ketones is 1. The monoisotopic (exact) mass is 653 g/mol. The third-order valence-corrected chi connectivity index (χ3v) is 10.9. The number of amides is 1. The van der Waals surface area contributed by atoms with Gasteiger partial charge in [-0.15, -0.1) is 0 Å². The number of ether oxygens (including phenoxy) is 4. The van der Waals surface area contributed by atoms with Crippen molar-refractivity contribution >= 4 is 17.7 Å². The molecule has 1 amide bonds. The topological polar surface area (TPSA) is 118 Å². The van der Waals surface area contributed by atoms with Crippen LogP contribution in [0.1, 0.15) is 88.0 Å². The number of hydrogen-bond acceptors (Lipinski definition) is 10. The molecule has 0 saturated carbocycles. The Labute approximate surface area is 277 Å². The predicted octanol–water partition coefficient (Wildman–Crippen LogP) is 3.35. The number of carbonyl (C=O) groups is 3. The van der Waals surface area contributed by atoms with Gasteiger partial charge in [0.1, 0.15) is 18.1 Å². The molecular formula is C35H63N3O8. The van der Waals surface area contributed by atoms with Gasteiger partial charge in [0.05, 0.1) is 23.9 Å². The highest BCUT2D eigenvalue weighted by atomic mass is 16.7. The van der Waals surface area contributed by atoms with E-state index in [1.165, 1.54) is 0 Å². The van der Waals surface area contributed by atoms with Crippen LogP contribution in [0.3, 0.4) is 0 Å². The summed E-state index contributed by atoms with van der Waals surface area (Å²) in [4.78, 5) is 47.6. The van der Waals surface area contributed by atoms with E-state index < -0.39 is 41.4 Å². The number of likely N-dealkylation sites (N-methyl/N-ethyl adjacent to an activating group) is 1. The number of Topliss-reactive ketones (excluding diaryl/α,β-unsaturated/α-hetero) is 1. The summed E-state index contributed by atoms with van der Waals surface area (Å²) in [5.74, 6) is -1.76. The lowest BCUT2D eigenvalue weighted by atomic mass is 9.74. The van der Waals surface area contributed by atoms with Crippen LogP contribution in [0.15, 0.2) is 0 Å². The second kappa shape index (κ2) is 15.7. The lowest BCUT2D eigenvalue weighted by Gasteiger charge is -2.47. The molecule has 0 aliphatic carbocycles. The molecule has 0 aromatic rings. The van der Waals surface area contributed by atoms with Gasteiger partial charge in [-0.3, -0.25) is 14.4 Å². The van der Waals surface area contributed by atoms with Crippen LogP contribution in [0.4, 0.5) is 0 Å². The zero-order valence-electron chi connectivity index (χ0n) is 30.6. The zero-order chi connectivity index (χ0) is 34.7. The highest BCUT2D eigenvalue weighted by Gasteiger charge is 2.52. The standard InChI is InChI=1S/C35H63N3O8/c1-21(2)37-15-13-26(14-16-37)28-20-44-33(42)34(7,8)30(41)24(5)31(35(9,43-12)18-22(3)19-38(28)25(6)39)46-32-29(40)27(36(10)11)17-23(4)45-32/h21-24,26-29,31-32,40H,13-20H2,1-12H3/t22-,23-,24+,27+,28?,29-,31-,32+,35-/m1/s1. The molecule has 9 atom stereocenters. The van der Waals surface area contributed by atoms with Crippen molar-refractivity contribution in [3.63, 3.8) is 0 Å². The van der Waals surface area contributed by atoms with Gasteiger partial charge in [0.25, 0.3) is 0 Å². The van der Waals surface area contributed by atoms with Gasteiger partial charge in [-0.2, -0.15) is 0 Å². The highest BCUT2D eigenvalue weighted by Crippen LogP contribution is 2.39. The molecule has 3 rings (SSSR count). The molecule has 1 unspecified atom stereocenters. The molecule has 46 heavy (non-hydrogen) atoms. The van der Waals surface area contributed by atoms with Gasteiger partial charge in [-0.25, -0.2) is 0 Å². The Kier molecular flexibility index (Phi) is 13.3. The normalized spacial score (nSPS) is 37.8. The minimum atomic E-state index is -1.49. The molecule has 11 nitrogen and oxygen atoms in total. The summed E-state index contributed by atoms with van der Waals surface area (Å²) >= 11 is 0. The van der Waals surface area contributed by atoms with Crippen LogP contribution in [0, 0.1) is 23.2 Å². The number of rotatable bonds is 6. The van der Waals surface area contributed by atoms with E-state index in [1.807, 2.05) is 37.7 Å². The minimum Gasteiger partial charge on any atom is -0.463 e. The van der Waals surface area contributed by atoms with Gasteiger partial charge in [0.2, 0.25) is 5.91 Å². The number of carbonyl (C=O) groups excluding carboxylic acids is 3. The molecule has 0 bridgehead atoms. The molecule has 11 heteroatoms. The lowest BCUT2D eigenvalue weighted by molar-refractivity contribution is -0.295. The van der Waals surface area contributed by atoms with E-state index in [-0.39, 0.29) is 48.3 Å². The summed E-state index contributed by atoms with van der Waals surface area (Å²) in [6, 6.07) is -0.0731. The molecule has 0 spiro atoms. The van der Waals surface area contributed by atoms with Crippen molar-refractivity contribution < 1.29 is 38.4 Å². The lowest BCUT2D eigenvalue weighted by Crippen LogP contribution is -2.59. The number of aliphatic hydroxyl groups is 1. The molecule has 3 aliphatic heterocycles. The average Bonchev–Trinajstić information content (AvgIpc) is 2.99. The van der Waals surface area contributed by atoms with Crippen LogP contribution < -0.4 is 0 Å². The first-order valence-corrected chi connectivity index (χ1v) is 17.3. The Morgan fingerprint density at radius 3 is 2.22 bits per heavy atom. The molecule has 3 saturated heterocycles. The van der Waals surface area contributed by atoms with Gasteiger partial charge >= 0.3 is 5.97 Å². The number of methoxy groups -OCH3 is 1. The van der Waals surface area contributed by atoms with Crippen LogP contribution in [-0.4, -0.2) is 133 Å². The average molecular weight is 654 g/mol. The van der Waals surface area contributed by atoms with Gasteiger partial charge in [0, 0.05) is 38.6 Å². The quantitative estimate of drug-likeness (QED) is 0.338. The molecule has 1 N–H and O–H groups in total. The smallest absolute Gasteiger partial charge is 0.319 e. The third-order valence-electron chi connectivity index (χ3n) is 10.9. The fourth-order valence-electron chi connectivity index (χ4n) is 7.95.